The van der Waals surface area contributed by atoms with Gasteiger partial charge in [-0.2, -0.15) is 13.2 Å². The number of benzene rings is 2. The van der Waals surface area contributed by atoms with Crippen LogP contribution in [-0.4, -0.2) is 68.6 Å². The van der Waals surface area contributed by atoms with Crippen LogP contribution in [0.4, 0.5) is 24.5 Å². The third-order valence-electron chi connectivity index (χ3n) is 7.78. The molecule has 0 saturated carbocycles. The maximum absolute atomic E-state index is 14.4. The van der Waals surface area contributed by atoms with Gasteiger partial charge in [-0.3, -0.25) is 14.2 Å². The number of aliphatic hydroxyl groups excluding tert-OH is 1. The predicted octanol–water partition coefficient (Wildman–Crippen LogP) is 3.61. The Morgan fingerprint density at radius 1 is 1.10 bits per heavy atom. The van der Waals surface area contributed by atoms with Crippen LogP contribution in [0.25, 0.3) is 16.8 Å². The maximum Gasteiger partial charge on any atom is 0.418 e. The van der Waals surface area contributed by atoms with Gasteiger partial charge < -0.3 is 29.7 Å². The van der Waals surface area contributed by atoms with Crippen LogP contribution in [0.15, 0.2) is 47.4 Å². The third kappa shape index (κ3) is 5.63. The summed E-state index contributed by atoms with van der Waals surface area (Å²) < 4.78 is 55.2. The average molecular weight is 587 g/mol. The van der Waals surface area contributed by atoms with Crippen LogP contribution in [0.1, 0.15) is 24.5 Å². The van der Waals surface area contributed by atoms with E-state index in [-0.39, 0.29) is 36.5 Å². The fourth-order valence-corrected chi connectivity index (χ4v) is 5.86. The van der Waals surface area contributed by atoms with Crippen molar-refractivity contribution in [2.24, 2.45) is 0 Å². The molecule has 1 unspecified atom stereocenters. The highest BCUT2D eigenvalue weighted by molar-refractivity contribution is 5.78. The number of fused-ring (bicyclic) bond motifs is 1. The third-order valence-corrected chi connectivity index (χ3v) is 7.78. The number of hydrogen-bond donors (Lipinski definition) is 2. The van der Waals surface area contributed by atoms with E-state index >= 15 is 0 Å². The number of aliphatic hydroxyl groups is 1. The lowest BCUT2D eigenvalue weighted by Gasteiger charge is -2.24. The molecule has 9 nitrogen and oxygen atoms in total. The van der Waals surface area contributed by atoms with Crippen molar-refractivity contribution in [1.29, 1.82) is 0 Å². The number of anilines is 2. The summed E-state index contributed by atoms with van der Waals surface area (Å²) >= 11 is 0. The second kappa shape index (κ2) is 11.6. The number of nitrogens with one attached hydrogen (secondary N) is 1. The topological polar surface area (TPSA) is 96.3 Å². The highest BCUT2D eigenvalue weighted by atomic mass is 19.4. The summed E-state index contributed by atoms with van der Waals surface area (Å²) in [5.74, 6) is 0.803. The van der Waals surface area contributed by atoms with Crippen LogP contribution in [0.2, 0.25) is 0 Å². The molecular formula is C30H33F3N4O5. The summed E-state index contributed by atoms with van der Waals surface area (Å²) in [5.41, 5.74) is 0.771. The number of aromatic nitrogens is 1. The number of nitrogens with zero attached hydrogens (tertiary/aromatic N) is 3. The lowest BCUT2D eigenvalue weighted by atomic mass is 9.99. The van der Waals surface area contributed by atoms with Gasteiger partial charge in [0.25, 0.3) is 5.56 Å². The number of halogens is 3. The lowest BCUT2D eigenvalue weighted by molar-refractivity contribution is -0.137. The SMILES string of the molecule is COc1cc(OC)cc(-c2cn(-c3cc(N4CCC(NC(C)=O)C4)ccc3C(F)(F)F)c(=O)c3c2CCN3CCO)c1. The van der Waals surface area contributed by atoms with E-state index in [9.17, 15) is 27.9 Å². The Hall–Kier alpha value is -4.19. The summed E-state index contributed by atoms with van der Waals surface area (Å²) in [6.45, 7) is 2.78. The molecule has 1 amide bonds. The Morgan fingerprint density at radius 2 is 1.81 bits per heavy atom. The zero-order valence-electron chi connectivity index (χ0n) is 23.6. The summed E-state index contributed by atoms with van der Waals surface area (Å²) in [6, 6.07) is 8.83. The molecule has 2 aliphatic heterocycles. The molecule has 1 aromatic heterocycles. The fourth-order valence-electron chi connectivity index (χ4n) is 5.86. The van der Waals surface area contributed by atoms with Crippen LogP contribution in [0.3, 0.4) is 0 Å². The molecule has 0 aliphatic carbocycles. The first-order valence-electron chi connectivity index (χ1n) is 13.7. The van der Waals surface area contributed by atoms with E-state index in [4.69, 9.17) is 9.47 Å². The number of rotatable bonds is 8. The van der Waals surface area contributed by atoms with E-state index in [1.54, 1.807) is 23.1 Å². The molecule has 0 bridgehead atoms. The lowest BCUT2D eigenvalue weighted by Crippen LogP contribution is -2.35. The van der Waals surface area contributed by atoms with Crippen LogP contribution in [0, 0.1) is 0 Å². The molecule has 0 radical (unpaired) electrons. The first kappa shape index (κ1) is 29.3. The Morgan fingerprint density at radius 3 is 2.43 bits per heavy atom. The summed E-state index contributed by atoms with van der Waals surface area (Å²) in [5, 5.41) is 12.5. The molecule has 3 aromatic rings. The first-order valence-corrected chi connectivity index (χ1v) is 13.7. The van der Waals surface area contributed by atoms with Gasteiger partial charge in [-0.05, 0) is 54.3 Å². The largest absolute Gasteiger partial charge is 0.497 e. The zero-order chi connectivity index (χ0) is 30.2. The Bertz CT molecular complexity index is 1530. The molecular weight excluding hydrogens is 553 g/mol. The summed E-state index contributed by atoms with van der Waals surface area (Å²) in [4.78, 5) is 29.2. The molecule has 1 saturated heterocycles. The number of methoxy groups -OCH3 is 2. The molecule has 12 heteroatoms. The van der Waals surface area contributed by atoms with E-state index in [0.717, 1.165) is 10.6 Å². The van der Waals surface area contributed by atoms with Crippen molar-refractivity contribution < 1.29 is 32.5 Å². The van der Waals surface area contributed by atoms with Gasteiger partial charge in [-0.25, -0.2) is 0 Å². The van der Waals surface area contributed by atoms with Gasteiger partial charge in [0.05, 0.1) is 32.1 Å². The van der Waals surface area contributed by atoms with Crippen molar-refractivity contribution in [3.05, 3.63) is 64.1 Å². The summed E-state index contributed by atoms with van der Waals surface area (Å²) in [6.07, 6.45) is -2.16. The number of alkyl halides is 3. The first-order chi connectivity index (χ1) is 20.0. The van der Waals surface area contributed by atoms with Crippen LogP contribution < -0.4 is 30.1 Å². The molecule has 5 rings (SSSR count). The number of carbonyl (C=O) groups is 1. The van der Waals surface area contributed by atoms with Crippen molar-refractivity contribution >= 4 is 17.3 Å². The Labute approximate surface area is 241 Å². The second-order valence-corrected chi connectivity index (χ2v) is 10.4. The maximum atomic E-state index is 14.4. The van der Waals surface area contributed by atoms with E-state index < -0.39 is 17.3 Å². The minimum Gasteiger partial charge on any atom is -0.497 e. The quantitative estimate of drug-likeness (QED) is 0.417. The number of carbonyl (C=O) groups excluding carboxylic acids is 1. The molecule has 1 fully saturated rings. The van der Waals surface area contributed by atoms with Gasteiger partial charge in [-0.15, -0.1) is 0 Å². The molecule has 2 aromatic carbocycles. The van der Waals surface area contributed by atoms with E-state index in [0.29, 0.717) is 66.4 Å². The van der Waals surface area contributed by atoms with Gasteiger partial charge in [-0.1, -0.05) is 0 Å². The second-order valence-electron chi connectivity index (χ2n) is 10.4. The van der Waals surface area contributed by atoms with Crippen molar-refractivity contribution in [1.82, 2.24) is 9.88 Å². The molecule has 1 atom stereocenters. The number of hydrogen-bond acceptors (Lipinski definition) is 7. The van der Waals surface area contributed by atoms with Gasteiger partial charge >= 0.3 is 6.18 Å². The van der Waals surface area contributed by atoms with Gasteiger partial charge in [0, 0.05) is 62.7 Å². The Kier molecular flexibility index (Phi) is 8.09. The van der Waals surface area contributed by atoms with E-state index in [1.165, 1.54) is 39.5 Å². The fraction of sp³-hybridized carbons (Fsp3) is 0.400. The molecule has 224 valence electrons. The highest BCUT2D eigenvalue weighted by Crippen LogP contribution is 2.40. The van der Waals surface area contributed by atoms with Gasteiger partial charge in [0.1, 0.15) is 17.2 Å². The normalized spacial score (nSPS) is 16.5. The van der Waals surface area contributed by atoms with Crippen LogP contribution in [0.5, 0.6) is 11.5 Å². The van der Waals surface area contributed by atoms with Crippen molar-refractivity contribution in [2.75, 3.05) is 56.8 Å². The molecule has 42 heavy (non-hydrogen) atoms. The number of ether oxygens (including phenoxy) is 2. The smallest absolute Gasteiger partial charge is 0.418 e. The van der Waals surface area contributed by atoms with Crippen molar-refractivity contribution in [2.45, 2.75) is 32.0 Å². The van der Waals surface area contributed by atoms with Crippen molar-refractivity contribution in [3.8, 4) is 28.3 Å². The molecule has 2 aliphatic rings. The van der Waals surface area contributed by atoms with E-state index in [2.05, 4.69) is 5.32 Å². The standard InChI is InChI=1S/C30H33F3N4O5/c1-18(39)34-20-6-8-36(16-20)21-4-5-26(30(31,32)33)27(14-21)37-17-25(19-12-22(41-2)15-23(13-19)42-3)24-7-9-35(10-11-38)28(24)29(37)40/h4-5,12-15,17,20,38H,6-11,16H2,1-3H3,(H,34,39). The highest BCUT2D eigenvalue weighted by Gasteiger charge is 2.36. The van der Waals surface area contributed by atoms with Crippen LogP contribution in [-0.2, 0) is 17.4 Å². The number of amides is 1. The zero-order valence-corrected chi connectivity index (χ0v) is 23.6. The average Bonchev–Trinajstić information content (AvgIpc) is 3.60. The monoisotopic (exact) mass is 586 g/mol. The minimum atomic E-state index is -4.74. The minimum absolute atomic E-state index is 0.127. The Balaban J connectivity index is 1.73. The van der Waals surface area contributed by atoms with Gasteiger partial charge in [0.15, 0.2) is 0 Å². The number of pyridine rings is 1. The van der Waals surface area contributed by atoms with Gasteiger partial charge in [0.2, 0.25) is 5.91 Å². The van der Waals surface area contributed by atoms with E-state index in [1.807, 2.05) is 4.90 Å². The van der Waals surface area contributed by atoms with Crippen molar-refractivity contribution in [3.63, 3.8) is 0 Å². The predicted molar refractivity (Wildman–Crippen MR) is 153 cm³/mol. The summed E-state index contributed by atoms with van der Waals surface area (Å²) in [7, 11) is 3.01. The molecule has 2 N–H and O–H groups in total. The number of β-amino-alcohol motifs (C(OH)–C–C–N with tert-alkyl or cyclic N) is 1. The molecule has 3 heterocycles. The van der Waals surface area contributed by atoms with Crippen LogP contribution >= 0.6 is 0 Å². The molecule has 0 spiro atoms.